The second-order valence-corrected chi connectivity index (χ2v) is 10.5. The van der Waals surface area contributed by atoms with Gasteiger partial charge in [-0.3, -0.25) is 14.3 Å². The van der Waals surface area contributed by atoms with E-state index in [9.17, 15) is 18.3 Å². The number of nitrogens with one attached hydrogen (secondary N) is 1. The maximum Gasteiger partial charge on any atom is 0.261 e. The maximum atomic E-state index is 12.6. The number of β-amino-alcohol motifs (C(OH)–C–C–N with tert-alkyl or cyclic N) is 1. The van der Waals surface area contributed by atoms with Crippen LogP contribution in [0.3, 0.4) is 0 Å². The van der Waals surface area contributed by atoms with Crippen LogP contribution >= 0.6 is 0 Å². The molecule has 1 aliphatic heterocycles. The van der Waals surface area contributed by atoms with Gasteiger partial charge in [-0.25, -0.2) is 0 Å². The molecular weight excluding hydrogens is 512 g/mol. The zero-order valence-corrected chi connectivity index (χ0v) is 22.4. The van der Waals surface area contributed by atoms with Crippen LogP contribution in [0.25, 0.3) is 10.9 Å². The Morgan fingerprint density at radius 2 is 1.84 bits per heavy atom. The van der Waals surface area contributed by atoms with Gasteiger partial charge in [-0.2, -0.15) is 8.42 Å². The number of likely N-dealkylation sites (tertiary alicyclic amines) is 1. The molecule has 1 aliphatic rings. The number of benzene rings is 2. The summed E-state index contributed by atoms with van der Waals surface area (Å²) in [4.78, 5) is 19.2. The van der Waals surface area contributed by atoms with Gasteiger partial charge in [0.1, 0.15) is 11.5 Å². The second-order valence-electron chi connectivity index (χ2n) is 9.04. The molecule has 38 heavy (non-hydrogen) atoms. The van der Waals surface area contributed by atoms with Crippen LogP contribution in [0.15, 0.2) is 48.7 Å². The van der Waals surface area contributed by atoms with Crippen LogP contribution in [0, 0.1) is 0 Å². The molecule has 1 amide bonds. The summed E-state index contributed by atoms with van der Waals surface area (Å²) in [7, 11) is -0.496. The molecule has 2 aromatic carbocycles. The summed E-state index contributed by atoms with van der Waals surface area (Å²) in [5.41, 5.74) is 8.55. The van der Waals surface area contributed by atoms with E-state index in [-0.39, 0.29) is 11.9 Å². The van der Waals surface area contributed by atoms with Gasteiger partial charge < -0.3 is 30.5 Å². The van der Waals surface area contributed by atoms with Gasteiger partial charge in [0.25, 0.3) is 16.0 Å². The Balaban J connectivity index is 0.000000732. The van der Waals surface area contributed by atoms with Crippen LogP contribution in [0.5, 0.6) is 11.5 Å². The SMILES string of the molecule is COc1ccc2nccc([C@@H](O)CN3CCC(NC(=O)c4ccc(OC)c(N)c4)CC3)c2c1.CS(=O)(=O)O. The third kappa shape index (κ3) is 8.28. The average molecular weight is 547 g/mol. The van der Waals surface area contributed by atoms with Crippen LogP contribution < -0.4 is 20.5 Å². The highest BCUT2D eigenvalue weighted by Crippen LogP contribution is 2.28. The normalized spacial score (nSPS) is 15.3. The molecular formula is C26H34N4O7S. The van der Waals surface area contributed by atoms with E-state index in [4.69, 9.17) is 19.8 Å². The van der Waals surface area contributed by atoms with Crippen molar-refractivity contribution < 1.29 is 32.3 Å². The number of nitrogen functional groups attached to an aromatic ring is 1. The molecule has 0 saturated carbocycles. The maximum absolute atomic E-state index is 12.6. The number of ether oxygens (including phenoxy) is 2. The number of aromatic nitrogens is 1. The highest BCUT2D eigenvalue weighted by molar-refractivity contribution is 7.85. The van der Waals surface area contributed by atoms with Crippen molar-refractivity contribution in [2.24, 2.45) is 0 Å². The lowest BCUT2D eigenvalue weighted by molar-refractivity contribution is 0.0831. The summed E-state index contributed by atoms with van der Waals surface area (Å²) in [5, 5.41) is 15.0. The van der Waals surface area contributed by atoms with Gasteiger partial charge in [-0.1, -0.05) is 0 Å². The van der Waals surface area contributed by atoms with Crippen molar-refractivity contribution in [2.75, 3.05) is 45.8 Å². The van der Waals surface area contributed by atoms with E-state index in [0.29, 0.717) is 29.8 Å². The molecule has 4 rings (SSSR count). The highest BCUT2D eigenvalue weighted by atomic mass is 32.2. The lowest BCUT2D eigenvalue weighted by Gasteiger charge is -2.33. The van der Waals surface area contributed by atoms with Crippen molar-refractivity contribution >= 4 is 32.6 Å². The van der Waals surface area contributed by atoms with Gasteiger partial charge >= 0.3 is 0 Å². The summed E-state index contributed by atoms with van der Waals surface area (Å²) in [6.07, 6.45) is 3.42. The molecule has 1 fully saturated rings. The van der Waals surface area contributed by atoms with E-state index in [0.717, 1.165) is 48.1 Å². The number of hydrogen-bond acceptors (Lipinski definition) is 9. The first-order valence-corrected chi connectivity index (χ1v) is 13.8. The van der Waals surface area contributed by atoms with Gasteiger partial charge in [-0.15, -0.1) is 0 Å². The molecule has 0 unspecified atom stereocenters. The van der Waals surface area contributed by atoms with Crippen molar-refractivity contribution in [2.45, 2.75) is 25.0 Å². The first kappa shape index (κ1) is 29.1. The predicted octanol–water partition coefficient (Wildman–Crippen LogP) is 2.27. The number of piperidine rings is 1. The van der Waals surface area contributed by atoms with Crippen LogP contribution in [0.4, 0.5) is 5.69 Å². The number of aliphatic hydroxyl groups excluding tert-OH is 1. The molecule has 0 aliphatic carbocycles. The number of fused-ring (bicyclic) bond motifs is 1. The molecule has 0 spiro atoms. The smallest absolute Gasteiger partial charge is 0.261 e. The molecule has 0 bridgehead atoms. The van der Waals surface area contributed by atoms with Crippen molar-refractivity contribution in [1.82, 2.24) is 15.2 Å². The summed E-state index contributed by atoms with van der Waals surface area (Å²) in [5.74, 6) is 1.15. The quantitative estimate of drug-likeness (QED) is 0.255. The van der Waals surface area contributed by atoms with E-state index in [1.165, 1.54) is 0 Å². The lowest BCUT2D eigenvalue weighted by Crippen LogP contribution is -2.45. The molecule has 5 N–H and O–H groups in total. The van der Waals surface area contributed by atoms with Crippen molar-refractivity contribution in [3.05, 3.63) is 59.8 Å². The molecule has 3 aromatic rings. The third-order valence-electron chi connectivity index (χ3n) is 6.19. The molecule has 1 aromatic heterocycles. The lowest BCUT2D eigenvalue weighted by atomic mass is 10.0. The molecule has 11 nitrogen and oxygen atoms in total. The fourth-order valence-corrected chi connectivity index (χ4v) is 4.31. The summed E-state index contributed by atoms with van der Waals surface area (Å²) < 4.78 is 36.3. The van der Waals surface area contributed by atoms with Gasteiger partial charge in [0.2, 0.25) is 0 Å². The number of hydrogen-bond donors (Lipinski definition) is 4. The van der Waals surface area contributed by atoms with Crippen LogP contribution in [-0.4, -0.2) is 80.0 Å². The number of amides is 1. The molecule has 1 atom stereocenters. The Labute approximate surface area is 222 Å². The van der Waals surface area contributed by atoms with Crippen LogP contribution in [-0.2, 0) is 10.1 Å². The molecule has 0 radical (unpaired) electrons. The van der Waals surface area contributed by atoms with Gasteiger partial charge in [0, 0.05) is 42.8 Å². The van der Waals surface area contributed by atoms with E-state index < -0.39 is 16.2 Å². The topological polar surface area (TPSA) is 164 Å². The third-order valence-corrected chi connectivity index (χ3v) is 6.19. The monoisotopic (exact) mass is 546 g/mol. The highest BCUT2D eigenvalue weighted by Gasteiger charge is 2.24. The number of methoxy groups -OCH3 is 2. The largest absolute Gasteiger partial charge is 0.497 e. The van der Waals surface area contributed by atoms with Crippen molar-refractivity contribution in [1.29, 1.82) is 0 Å². The van der Waals surface area contributed by atoms with E-state index in [1.54, 1.807) is 38.6 Å². The Morgan fingerprint density at radius 3 is 2.45 bits per heavy atom. The first-order chi connectivity index (χ1) is 18.0. The molecule has 1 saturated heterocycles. The van der Waals surface area contributed by atoms with Crippen molar-refractivity contribution in [3.63, 3.8) is 0 Å². The number of carbonyl (C=O) groups is 1. The minimum atomic E-state index is -3.67. The average Bonchev–Trinajstić information content (AvgIpc) is 2.88. The number of nitrogens with two attached hydrogens (primary N) is 1. The van der Waals surface area contributed by atoms with Crippen molar-refractivity contribution in [3.8, 4) is 11.5 Å². The summed E-state index contributed by atoms with van der Waals surface area (Å²) in [6, 6.07) is 12.7. The van der Waals surface area contributed by atoms with Crippen LogP contribution in [0.1, 0.15) is 34.9 Å². The Bertz CT molecular complexity index is 1350. The predicted molar refractivity (Wildman–Crippen MR) is 145 cm³/mol. The van der Waals surface area contributed by atoms with E-state index >= 15 is 0 Å². The Kier molecular flexibility index (Phi) is 9.86. The molecule has 2 heterocycles. The second kappa shape index (κ2) is 12.9. The van der Waals surface area contributed by atoms with Crippen LogP contribution in [0.2, 0.25) is 0 Å². The minimum absolute atomic E-state index is 0.0836. The summed E-state index contributed by atoms with van der Waals surface area (Å²) in [6.45, 7) is 2.10. The number of rotatable bonds is 7. The first-order valence-electron chi connectivity index (χ1n) is 12.0. The number of aliphatic hydroxyl groups is 1. The minimum Gasteiger partial charge on any atom is -0.497 e. The van der Waals surface area contributed by atoms with Gasteiger partial charge in [0.15, 0.2) is 0 Å². The van der Waals surface area contributed by atoms with Gasteiger partial charge in [-0.05, 0) is 60.9 Å². The van der Waals surface area contributed by atoms with Gasteiger partial charge in [0.05, 0.1) is 37.8 Å². The zero-order chi connectivity index (χ0) is 27.9. The number of pyridine rings is 1. The standard InChI is InChI=1S/C25H30N4O4.CH4O3S/c1-32-18-4-5-22-20(14-18)19(7-10-27-22)23(30)15-29-11-8-17(9-12-29)28-25(31)16-3-6-24(33-2)21(26)13-16;1-5(2,3)4/h3-7,10,13-14,17,23,30H,8-9,11-12,15,26H2,1-2H3,(H,28,31);1H3,(H,2,3,4)/t23-;/m0./s1. The van der Waals surface area contributed by atoms with E-state index in [2.05, 4.69) is 15.2 Å². The fourth-order valence-electron chi connectivity index (χ4n) is 4.31. The zero-order valence-electron chi connectivity index (χ0n) is 21.6. The van der Waals surface area contributed by atoms with E-state index in [1.807, 2.05) is 24.3 Å². The summed E-state index contributed by atoms with van der Waals surface area (Å²) >= 11 is 0. The number of nitrogens with zero attached hydrogens (tertiary/aromatic N) is 2. The Hall–Kier alpha value is -3.45. The number of carbonyl (C=O) groups excluding carboxylic acids is 1. The number of anilines is 1. The molecule has 206 valence electrons. The Morgan fingerprint density at radius 1 is 1.16 bits per heavy atom. The fraction of sp³-hybridized carbons (Fsp3) is 0.385. The molecule has 12 heteroatoms.